The van der Waals surface area contributed by atoms with Gasteiger partial charge in [-0.15, -0.1) is 0 Å². The first-order valence-corrected chi connectivity index (χ1v) is 6.59. The number of para-hydroxylation sites is 2. The normalized spacial score (nSPS) is 10.4. The Morgan fingerprint density at radius 2 is 2.21 bits per heavy atom. The zero-order valence-corrected chi connectivity index (χ0v) is 12.0. The summed E-state index contributed by atoms with van der Waals surface area (Å²) in [7, 11) is 0. The Morgan fingerprint density at radius 1 is 1.47 bits per heavy atom. The van der Waals surface area contributed by atoms with Crippen LogP contribution >= 0.6 is 15.9 Å². The van der Waals surface area contributed by atoms with Gasteiger partial charge in [-0.3, -0.25) is 4.79 Å². The number of amides is 1. The van der Waals surface area contributed by atoms with Gasteiger partial charge in [0.1, 0.15) is 5.82 Å². The third-order valence-corrected chi connectivity index (χ3v) is 2.92. The predicted molar refractivity (Wildman–Crippen MR) is 79.8 cm³/mol. The summed E-state index contributed by atoms with van der Waals surface area (Å²) in [6.07, 6.45) is 1.25. The van der Waals surface area contributed by atoms with Crippen LogP contribution in [-0.2, 0) is 17.9 Å². The molecule has 4 nitrogen and oxygen atoms in total. The van der Waals surface area contributed by atoms with E-state index in [9.17, 15) is 4.79 Å². The number of allylic oxidation sites excluding steroid dienone is 1. The highest BCUT2D eigenvalue weighted by Crippen LogP contribution is 2.18. The molecule has 0 saturated heterocycles. The summed E-state index contributed by atoms with van der Waals surface area (Å²) in [5, 5.41) is 2.74. The number of hydrogen-bond donors (Lipinski definition) is 1. The van der Waals surface area contributed by atoms with Gasteiger partial charge in [-0.25, -0.2) is 4.98 Å². The molecule has 98 valence electrons. The molecule has 1 heterocycles. The van der Waals surface area contributed by atoms with Gasteiger partial charge in [-0.1, -0.05) is 41.2 Å². The lowest BCUT2D eigenvalue weighted by Gasteiger charge is -2.08. The van der Waals surface area contributed by atoms with Crippen LogP contribution in [0.25, 0.3) is 11.0 Å². The zero-order valence-electron chi connectivity index (χ0n) is 10.4. The molecule has 0 aliphatic heterocycles. The molecular formula is C14H14BrN3O. The van der Waals surface area contributed by atoms with E-state index >= 15 is 0 Å². The van der Waals surface area contributed by atoms with Crippen LogP contribution in [0.3, 0.4) is 0 Å². The second-order valence-corrected chi connectivity index (χ2v) is 5.16. The van der Waals surface area contributed by atoms with Crippen molar-refractivity contribution in [1.29, 1.82) is 0 Å². The maximum atomic E-state index is 11.2. The first-order valence-electron chi connectivity index (χ1n) is 5.79. The fraction of sp³-hybridized carbons (Fsp3) is 0.143. The molecule has 2 rings (SSSR count). The van der Waals surface area contributed by atoms with Crippen LogP contribution < -0.4 is 5.32 Å². The van der Waals surface area contributed by atoms with Crippen LogP contribution in [0.5, 0.6) is 0 Å². The Hall–Kier alpha value is -1.88. The number of carbonyl (C=O) groups is 1. The molecule has 0 spiro atoms. The second kappa shape index (κ2) is 5.84. The van der Waals surface area contributed by atoms with Crippen molar-refractivity contribution >= 4 is 32.9 Å². The number of halogens is 1. The largest absolute Gasteiger partial charge is 0.345 e. The summed E-state index contributed by atoms with van der Waals surface area (Å²) >= 11 is 3.36. The Balaban J connectivity index is 2.37. The average Bonchev–Trinajstić information content (AvgIpc) is 2.74. The minimum atomic E-state index is -0.212. The summed E-state index contributed by atoms with van der Waals surface area (Å²) in [6, 6.07) is 7.84. The smallest absolute Gasteiger partial charge is 0.243 e. The number of carbonyl (C=O) groups excluding carboxylic acids is 1. The van der Waals surface area contributed by atoms with Gasteiger partial charge in [0, 0.05) is 4.48 Å². The Kier molecular flexibility index (Phi) is 4.16. The van der Waals surface area contributed by atoms with Crippen molar-refractivity contribution < 1.29 is 4.79 Å². The molecule has 0 saturated carbocycles. The molecular weight excluding hydrogens is 306 g/mol. The lowest BCUT2D eigenvalue weighted by Crippen LogP contribution is -2.22. The van der Waals surface area contributed by atoms with Crippen molar-refractivity contribution in [3.63, 3.8) is 0 Å². The predicted octanol–water partition coefficient (Wildman–Crippen LogP) is 2.75. The van der Waals surface area contributed by atoms with Gasteiger partial charge in [-0.2, -0.15) is 0 Å². The van der Waals surface area contributed by atoms with Crippen LogP contribution in [0.1, 0.15) is 5.82 Å². The molecule has 19 heavy (non-hydrogen) atoms. The summed E-state index contributed by atoms with van der Waals surface area (Å²) in [5.41, 5.74) is 1.92. The third-order valence-electron chi connectivity index (χ3n) is 2.67. The minimum Gasteiger partial charge on any atom is -0.345 e. The number of benzene rings is 1. The standard InChI is InChI=1S/C14H14BrN3O/c1-3-14(19)16-8-13-17-11-6-4-5-7-12(11)18(13)9-10(2)15/h3-7H,1-2,8-9H2,(H,16,19). The van der Waals surface area contributed by atoms with Crippen LogP contribution in [0.15, 0.2) is 48.0 Å². The molecule has 1 aromatic heterocycles. The van der Waals surface area contributed by atoms with Crippen molar-refractivity contribution in [3.05, 3.63) is 53.8 Å². The number of hydrogen-bond acceptors (Lipinski definition) is 2. The monoisotopic (exact) mass is 319 g/mol. The Labute approximate surface area is 120 Å². The maximum Gasteiger partial charge on any atom is 0.243 e. The van der Waals surface area contributed by atoms with Gasteiger partial charge < -0.3 is 9.88 Å². The van der Waals surface area contributed by atoms with Gasteiger partial charge in [0.25, 0.3) is 0 Å². The van der Waals surface area contributed by atoms with Crippen molar-refractivity contribution in [3.8, 4) is 0 Å². The van der Waals surface area contributed by atoms with E-state index in [1.165, 1.54) is 6.08 Å². The summed E-state index contributed by atoms with van der Waals surface area (Å²) in [4.78, 5) is 15.8. The number of nitrogens with one attached hydrogen (secondary N) is 1. The fourth-order valence-corrected chi connectivity index (χ4v) is 2.10. The number of aromatic nitrogens is 2. The van der Waals surface area contributed by atoms with Gasteiger partial charge in [-0.05, 0) is 18.2 Å². The molecule has 5 heteroatoms. The third kappa shape index (κ3) is 3.12. The highest BCUT2D eigenvalue weighted by Gasteiger charge is 2.10. The van der Waals surface area contributed by atoms with Gasteiger partial charge >= 0.3 is 0 Å². The van der Waals surface area contributed by atoms with Crippen molar-refractivity contribution in [2.75, 3.05) is 0 Å². The van der Waals surface area contributed by atoms with Gasteiger partial charge in [0.15, 0.2) is 0 Å². The number of fused-ring (bicyclic) bond motifs is 1. The molecule has 1 N–H and O–H groups in total. The first-order chi connectivity index (χ1) is 9.11. The summed E-state index contributed by atoms with van der Waals surface area (Å²) in [5.74, 6) is 0.577. The molecule has 0 radical (unpaired) electrons. The second-order valence-electron chi connectivity index (χ2n) is 4.04. The molecule has 0 aliphatic rings. The lowest BCUT2D eigenvalue weighted by atomic mass is 10.3. The van der Waals surface area contributed by atoms with E-state index in [-0.39, 0.29) is 5.91 Å². The van der Waals surface area contributed by atoms with E-state index < -0.39 is 0 Å². The van der Waals surface area contributed by atoms with Gasteiger partial charge in [0.05, 0.1) is 24.1 Å². The molecule has 0 atom stereocenters. The number of nitrogens with zero attached hydrogens (tertiary/aromatic N) is 2. The quantitative estimate of drug-likeness (QED) is 0.861. The SMILES string of the molecule is C=CC(=O)NCc1nc2ccccc2n1CC(=C)Br. The summed E-state index contributed by atoms with van der Waals surface area (Å²) < 4.78 is 2.88. The number of rotatable bonds is 5. The molecule has 2 aromatic rings. The van der Waals surface area contributed by atoms with Crippen molar-refractivity contribution in [1.82, 2.24) is 14.9 Å². The molecule has 0 fully saturated rings. The highest BCUT2D eigenvalue weighted by atomic mass is 79.9. The van der Waals surface area contributed by atoms with E-state index in [0.29, 0.717) is 13.1 Å². The Morgan fingerprint density at radius 3 is 2.89 bits per heavy atom. The van der Waals surface area contributed by atoms with Crippen molar-refractivity contribution in [2.24, 2.45) is 0 Å². The lowest BCUT2D eigenvalue weighted by molar-refractivity contribution is -0.116. The van der Waals surface area contributed by atoms with Crippen LogP contribution in [0.4, 0.5) is 0 Å². The zero-order chi connectivity index (χ0) is 13.8. The topological polar surface area (TPSA) is 46.9 Å². The molecule has 0 bridgehead atoms. The number of imidazole rings is 1. The van der Waals surface area contributed by atoms with E-state index in [2.05, 4.69) is 39.4 Å². The minimum absolute atomic E-state index is 0.212. The highest BCUT2D eigenvalue weighted by molar-refractivity contribution is 9.11. The average molecular weight is 320 g/mol. The van der Waals surface area contributed by atoms with Gasteiger partial charge in [0.2, 0.25) is 5.91 Å². The molecule has 0 unspecified atom stereocenters. The first kappa shape index (κ1) is 13.5. The Bertz CT molecular complexity index is 645. The summed E-state index contributed by atoms with van der Waals surface area (Å²) in [6.45, 7) is 8.25. The molecule has 1 amide bonds. The van der Waals surface area contributed by atoms with Crippen molar-refractivity contribution in [2.45, 2.75) is 13.1 Å². The van der Waals surface area contributed by atoms with Crippen LogP contribution in [-0.4, -0.2) is 15.5 Å². The maximum absolute atomic E-state index is 11.2. The van der Waals surface area contributed by atoms with E-state index in [1.54, 1.807) is 0 Å². The van der Waals surface area contributed by atoms with E-state index in [4.69, 9.17) is 0 Å². The molecule has 1 aromatic carbocycles. The molecule has 0 aliphatic carbocycles. The van der Waals surface area contributed by atoms with Crippen LogP contribution in [0, 0.1) is 0 Å². The fourth-order valence-electron chi connectivity index (χ4n) is 1.85. The van der Waals surface area contributed by atoms with Crippen LogP contribution in [0.2, 0.25) is 0 Å². The van der Waals surface area contributed by atoms with E-state index in [0.717, 1.165) is 21.3 Å². The van der Waals surface area contributed by atoms with E-state index in [1.807, 2.05) is 28.8 Å².